The van der Waals surface area contributed by atoms with Gasteiger partial charge >= 0.3 is 5.69 Å². The van der Waals surface area contributed by atoms with Crippen molar-refractivity contribution in [2.45, 2.75) is 13.5 Å². The van der Waals surface area contributed by atoms with Gasteiger partial charge < -0.3 is 15.0 Å². The van der Waals surface area contributed by atoms with E-state index in [-0.39, 0.29) is 11.4 Å². The molecule has 0 unspecified atom stereocenters. The Bertz CT molecular complexity index is 967. The van der Waals surface area contributed by atoms with E-state index in [2.05, 4.69) is 46.0 Å². The highest BCUT2D eigenvalue weighted by molar-refractivity contribution is 5.76. The van der Waals surface area contributed by atoms with E-state index in [1.807, 2.05) is 0 Å². The van der Waals surface area contributed by atoms with Gasteiger partial charge in [-0.3, -0.25) is 9.47 Å². The maximum atomic E-state index is 12.2. The maximum Gasteiger partial charge on any atom is 0.326 e. The fourth-order valence-electron chi connectivity index (χ4n) is 3.66. The molecule has 1 aliphatic rings. The number of piperazine rings is 1. The van der Waals surface area contributed by atoms with Gasteiger partial charge in [-0.25, -0.2) is 4.79 Å². The van der Waals surface area contributed by atoms with Gasteiger partial charge in [0.15, 0.2) is 0 Å². The summed E-state index contributed by atoms with van der Waals surface area (Å²) in [6.45, 7) is 7.51. The van der Waals surface area contributed by atoms with E-state index in [1.54, 1.807) is 22.8 Å². The zero-order valence-corrected chi connectivity index (χ0v) is 15.0. The quantitative estimate of drug-likeness (QED) is 0.755. The fourth-order valence-corrected chi connectivity index (χ4v) is 3.66. The largest absolute Gasteiger partial charge is 0.508 e. The minimum atomic E-state index is -0.121. The van der Waals surface area contributed by atoms with Crippen LogP contribution in [-0.2, 0) is 6.54 Å². The van der Waals surface area contributed by atoms with Crippen LogP contribution in [0.2, 0.25) is 0 Å². The molecule has 1 fully saturated rings. The first kappa shape index (κ1) is 16.7. The first-order valence-electron chi connectivity index (χ1n) is 9.06. The van der Waals surface area contributed by atoms with Gasteiger partial charge in [0, 0.05) is 51.0 Å². The Morgan fingerprint density at radius 1 is 1.04 bits per heavy atom. The van der Waals surface area contributed by atoms with Crippen LogP contribution in [0.15, 0.2) is 47.3 Å². The van der Waals surface area contributed by atoms with Gasteiger partial charge in [0.1, 0.15) is 5.75 Å². The van der Waals surface area contributed by atoms with E-state index in [9.17, 15) is 9.90 Å². The summed E-state index contributed by atoms with van der Waals surface area (Å²) >= 11 is 0. The van der Waals surface area contributed by atoms with Crippen molar-refractivity contribution in [3.8, 4) is 5.75 Å². The summed E-state index contributed by atoms with van der Waals surface area (Å²) in [4.78, 5) is 19.8. The van der Waals surface area contributed by atoms with Gasteiger partial charge in [-0.15, -0.1) is 0 Å². The molecule has 1 aromatic heterocycles. The second kappa shape index (κ2) is 6.88. The molecule has 26 heavy (non-hydrogen) atoms. The Labute approximate surface area is 152 Å². The molecule has 0 amide bonds. The molecule has 0 radical (unpaired) electrons. The van der Waals surface area contributed by atoms with Crippen molar-refractivity contribution in [3.63, 3.8) is 0 Å². The molecule has 6 nitrogen and oxygen atoms in total. The number of aromatic hydroxyl groups is 1. The van der Waals surface area contributed by atoms with Crippen LogP contribution < -0.4 is 10.6 Å². The third kappa shape index (κ3) is 3.32. The molecule has 2 heterocycles. The number of hydrogen-bond donors (Lipinski definition) is 2. The Kier molecular flexibility index (Phi) is 4.42. The number of rotatable bonds is 4. The summed E-state index contributed by atoms with van der Waals surface area (Å²) in [5.74, 6) is 0.178. The number of anilines is 1. The van der Waals surface area contributed by atoms with Crippen LogP contribution in [0.4, 0.5) is 5.69 Å². The first-order valence-corrected chi connectivity index (χ1v) is 9.06. The summed E-state index contributed by atoms with van der Waals surface area (Å²) in [5, 5.41) is 9.69. The topological polar surface area (TPSA) is 64.5 Å². The van der Waals surface area contributed by atoms with Crippen LogP contribution in [0.25, 0.3) is 11.0 Å². The second-order valence-electron chi connectivity index (χ2n) is 6.95. The molecule has 6 heteroatoms. The van der Waals surface area contributed by atoms with Gasteiger partial charge in [0.05, 0.1) is 11.0 Å². The van der Waals surface area contributed by atoms with Crippen molar-refractivity contribution in [1.82, 2.24) is 14.5 Å². The lowest BCUT2D eigenvalue weighted by Crippen LogP contribution is -2.47. The molecule has 0 saturated carbocycles. The number of nitrogens with zero attached hydrogens (tertiary/aromatic N) is 3. The van der Waals surface area contributed by atoms with Crippen molar-refractivity contribution in [3.05, 3.63) is 58.5 Å². The molecular formula is C20H24N4O2. The minimum absolute atomic E-state index is 0.121. The normalized spacial score (nSPS) is 15.7. The molecule has 3 aromatic rings. The summed E-state index contributed by atoms with van der Waals surface area (Å²) < 4.78 is 1.71. The third-order valence-corrected chi connectivity index (χ3v) is 5.14. The predicted octanol–water partition coefficient (Wildman–Crippen LogP) is 2.17. The summed E-state index contributed by atoms with van der Waals surface area (Å²) in [6.07, 6.45) is 0. The number of phenolic OH excluding ortho intramolecular Hbond substituents is 1. The average molecular weight is 352 g/mol. The van der Waals surface area contributed by atoms with E-state index in [0.29, 0.717) is 6.54 Å². The molecule has 0 atom stereocenters. The SMILES string of the molecule is Cc1cccc(N2CCN(CCn3c(=O)[nH]c4ccc(O)cc43)CC2)c1. The number of phenols is 1. The summed E-state index contributed by atoms with van der Waals surface area (Å²) in [6, 6.07) is 13.6. The van der Waals surface area contributed by atoms with Gasteiger partial charge in [0.2, 0.25) is 0 Å². The molecule has 2 N–H and O–H groups in total. The van der Waals surface area contributed by atoms with E-state index < -0.39 is 0 Å². The number of aromatic nitrogens is 2. The maximum absolute atomic E-state index is 12.2. The number of H-pyrrole nitrogens is 1. The van der Waals surface area contributed by atoms with Crippen LogP contribution in [-0.4, -0.2) is 52.3 Å². The van der Waals surface area contributed by atoms with Gasteiger partial charge in [-0.1, -0.05) is 12.1 Å². The third-order valence-electron chi connectivity index (χ3n) is 5.14. The smallest absolute Gasteiger partial charge is 0.326 e. The Morgan fingerprint density at radius 2 is 1.85 bits per heavy atom. The number of aryl methyl sites for hydroxylation is 1. The Morgan fingerprint density at radius 3 is 2.62 bits per heavy atom. The van der Waals surface area contributed by atoms with E-state index in [1.165, 1.54) is 11.3 Å². The van der Waals surface area contributed by atoms with Crippen LogP contribution in [0, 0.1) is 6.92 Å². The molecule has 2 aromatic carbocycles. The van der Waals surface area contributed by atoms with Crippen molar-refractivity contribution in [2.75, 3.05) is 37.6 Å². The standard InChI is InChI=1S/C20H24N4O2/c1-15-3-2-4-16(13-15)23-10-7-22(8-11-23)9-12-24-19-14-17(25)5-6-18(19)21-20(24)26/h2-6,13-14,25H,7-12H2,1H3,(H,21,26). The van der Waals surface area contributed by atoms with Crippen molar-refractivity contribution in [2.24, 2.45) is 0 Å². The average Bonchev–Trinajstić information content (AvgIpc) is 2.95. The number of benzene rings is 2. The van der Waals surface area contributed by atoms with E-state index in [4.69, 9.17) is 0 Å². The van der Waals surface area contributed by atoms with Gasteiger partial charge in [-0.05, 0) is 36.8 Å². The number of aromatic amines is 1. The zero-order chi connectivity index (χ0) is 18.1. The summed E-state index contributed by atoms with van der Waals surface area (Å²) in [7, 11) is 0. The monoisotopic (exact) mass is 352 g/mol. The van der Waals surface area contributed by atoms with E-state index in [0.717, 1.165) is 43.8 Å². The molecule has 136 valence electrons. The predicted molar refractivity (Wildman–Crippen MR) is 104 cm³/mol. The lowest BCUT2D eigenvalue weighted by Gasteiger charge is -2.36. The number of fused-ring (bicyclic) bond motifs is 1. The highest BCUT2D eigenvalue weighted by atomic mass is 16.3. The lowest BCUT2D eigenvalue weighted by atomic mass is 10.2. The highest BCUT2D eigenvalue weighted by Gasteiger charge is 2.18. The van der Waals surface area contributed by atoms with Crippen molar-refractivity contribution < 1.29 is 5.11 Å². The number of nitrogens with one attached hydrogen (secondary N) is 1. The molecule has 0 aliphatic carbocycles. The fraction of sp³-hybridized carbons (Fsp3) is 0.350. The Hall–Kier alpha value is -2.73. The van der Waals surface area contributed by atoms with Crippen molar-refractivity contribution >= 4 is 16.7 Å². The summed E-state index contributed by atoms with van der Waals surface area (Å²) in [5.41, 5.74) is 3.97. The van der Waals surface area contributed by atoms with Crippen LogP contribution in [0.1, 0.15) is 5.56 Å². The molecule has 1 aliphatic heterocycles. The zero-order valence-electron chi connectivity index (χ0n) is 15.0. The van der Waals surface area contributed by atoms with Gasteiger partial charge in [-0.2, -0.15) is 0 Å². The van der Waals surface area contributed by atoms with Crippen molar-refractivity contribution in [1.29, 1.82) is 0 Å². The minimum Gasteiger partial charge on any atom is -0.508 e. The first-order chi connectivity index (χ1) is 12.6. The van der Waals surface area contributed by atoms with Crippen LogP contribution in [0.3, 0.4) is 0 Å². The Balaban J connectivity index is 1.39. The van der Waals surface area contributed by atoms with Crippen LogP contribution >= 0.6 is 0 Å². The highest BCUT2D eigenvalue weighted by Crippen LogP contribution is 2.19. The molecule has 0 spiro atoms. The molecular weight excluding hydrogens is 328 g/mol. The number of imidazole rings is 1. The van der Waals surface area contributed by atoms with Gasteiger partial charge in [0.25, 0.3) is 0 Å². The number of hydrogen-bond acceptors (Lipinski definition) is 4. The molecule has 0 bridgehead atoms. The second-order valence-corrected chi connectivity index (χ2v) is 6.95. The molecule has 4 rings (SSSR count). The lowest BCUT2D eigenvalue weighted by molar-refractivity contribution is 0.248. The van der Waals surface area contributed by atoms with Crippen LogP contribution in [0.5, 0.6) is 5.75 Å². The van der Waals surface area contributed by atoms with E-state index >= 15 is 0 Å². The molecule has 1 saturated heterocycles.